The molecule has 0 saturated carbocycles. The standard InChI is InChI=1S/C17H18FNO2/c1-12-7-9-14(10-8-12)11-19-17(20)13(2)21-16-6-4-3-5-15(16)18/h3-10,13H,11H2,1-2H3,(H,19,20). The van der Waals surface area contributed by atoms with Crippen molar-refractivity contribution in [2.75, 3.05) is 0 Å². The van der Waals surface area contributed by atoms with Crippen LogP contribution >= 0.6 is 0 Å². The van der Waals surface area contributed by atoms with Crippen LogP contribution in [-0.2, 0) is 11.3 Å². The molecule has 1 atom stereocenters. The zero-order valence-corrected chi connectivity index (χ0v) is 12.1. The Kier molecular flexibility index (Phi) is 4.93. The van der Waals surface area contributed by atoms with Gasteiger partial charge < -0.3 is 10.1 Å². The molecule has 0 aliphatic carbocycles. The molecule has 1 N–H and O–H groups in total. The van der Waals surface area contributed by atoms with E-state index >= 15 is 0 Å². The first-order valence-electron chi connectivity index (χ1n) is 6.80. The summed E-state index contributed by atoms with van der Waals surface area (Å²) in [6.07, 6.45) is -0.757. The monoisotopic (exact) mass is 287 g/mol. The quantitative estimate of drug-likeness (QED) is 0.917. The predicted octanol–water partition coefficient (Wildman–Crippen LogP) is 3.22. The van der Waals surface area contributed by atoms with Crippen LogP contribution in [0.2, 0.25) is 0 Å². The number of rotatable bonds is 5. The van der Waals surface area contributed by atoms with E-state index in [1.165, 1.54) is 17.7 Å². The van der Waals surface area contributed by atoms with E-state index < -0.39 is 11.9 Å². The van der Waals surface area contributed by atoms with Crippen molar-refractivity contribution in [3.63, 3.8) is 0 Å². The summed E-state index contributed by atoms with van der Waals surface area (Å²) in [6.45, 7) is 4.02. The Morgan fingerprint density at radius 1 is 1.19 bits per heavy atom. The Hall–Kier alpha value is -2.36. The molecule has 2 rings (SSSR count). The number of nitrogens with one attached hydrogen (secondary N) is 1. The van der Waals surface area contributed by atoms with Crippen molar-refractivity contribution in [3.05, 3.63) is 65.5 Å². The molecule has 0 heterocycles. The van der Waals surface area contributed by atoms with Gasteiger partial charge in [-0.1, -0.05) is 42.0 Å². The highest BCUT2D eigenvalue weighted by Gasteiger charge is 2.15. The highest BCUT2D eigenvalue weighted by atomic mass is 19.1. The second-order valence-electron chi connectivity index (χ2n) is 4.89. The fourth-order valence-corrected chi connectivity index (χ4v) is 1.82. The van der Waals surface area contributed by atoms with Crippen LogP contribution in [0.5, 0.6) is 5.75 Å². The van der Waals surface area contributed by atoms with Crippen LogP contribution in [-0.4, -0.2) is 12.0 Å². The maximum absolute atomic E-state index is 13.4. The lowest BCUT2D eigenvalue weighted by Crippen LogP contribution is -2.36. The summed E-state index contributed by atoms with van der Waals surface area (Å²) >= 11 is 0. The molecule has 0 aliphatic heterocycles. The van der Waals surface area contributed by atoms with Gasteiger partial charge in [0.05, 0.1) is 0 Å². The Labute approximate surface area is 123 Å². The Morgan fingerprint density at radius 2 is 1.86 bits per heavy atom. The molecule has 2 aromatic rings. The minimum absolute atomic E-state index is 0.0792. The fraction of sp³-hybridized carbons (Fsp3) is 0.235. The van der Waals surface area contributed by atoms with Crippen LogP contribution in [0.4, 0.5) is 4.39 Å². The number of halogens is 1. The highest BCUT2D eigenvalue weighted by molar-refractivity contribution is 5.80. The third-order valence-electron chi connectivity index (χ3n) is 3.10. The van der Waals surface area contributed by atoms with Crippen molar-refractivity contribution in [2.24, 2.45) is 0 Å². The highest BCUT2D eigenvalue weighted by Crippen LogP contribution is 2.17. The molecule has 21 heavy (non-hydrogen) atoms. The molecule has 110 valence electrons. The van der Waals surface area contributed by atoms with Crippen molar-refractivity contribution in [2.45, 2.75) is 26.5 Å². The number of carbonyl (C=O) groups excluding carboxylic acids is 1. The molecule has 0 fully saturated rings. The molecule has 0 bridgehead atoms. The Balaban J connectivity index is 1.88. The van der Waals surface area contributed by atoms with Crippen LogP contribution in [0.25, 0.3) is 0 Å². The van der Waals surface area contributed by atoms with Gasteiger partial charge in [0, 0.05) is 6.54 Å². The molecule has 4 heteroatoms. The van der Waals surface area contributed by atoms with Gasteiger partial charge in [-0.15, -0.1) is 0 Å². The maximum atomic E-state index is 13.4. The summed E-state index contributed by atoms with van der Waals surface area (Å²) in [4.78, 5) is 11.9. The number of aryl methyl sites for hydroxylation is 1. The zero-order chi connectivity index (χ0) is 15.2. The first-order chi connectivity index (χ1) is 10.1. The van der Waals surface area contributed by atoms with Gasteiger partial charge in [-0.2, -0.15) is 0 Å². The van der Waals surface area contributed by atoms with Gasteiger partial charge >= 0.3 is 0 Å². The number of hydrogen-bond acceptors (Lipinski definition) is 2. The van der Waals surface area contributed by atoms with E-state index in [-0.39, 0.29) is 11.7 Å². The summed E-state index contributed by atoms with van der Waals surface area (Å²) in [5.41, 5.74) is 2.17. The van der Waals surface area contributed by atoms with Gasteiger partial charge in [-0.25, -0.2) is 4.39 Å². The lowest BCUT2D eigenvalue weighted by Gasteiger charge is -2.15. The molecule has 1 amide bonds. The average molecular weight is 287 g/mol. The number of para-hydroxylation sites is 1. The number of carbonyl (C=O) groups is 1. The van der Waals surface area contributed by atoms with Crippen molar-refractivity contribution in [1.29, 1.82) is 0 Å². The number of benzene rings is 2. The number of hydrogen-bond donors (Lipinski definition) is 1. The number of amides is 1. The second-order valence-corrected chi connectivity index (χ2v) is 4.89. The van der Waals surface area contributed by atoms with Crippen molar-refractivity contribution >= 4 is 5.91 Å². The zero-order valence-electron chi connectivity index (χ0n) is 12.1. The maximum Gasteiger partial charge on any atom is 0.261 e. The van der Waals surface area contributed by atoms with Gasteiger partial charge in [0.15, 0.2) is 17.7 Å². The molecule has 0 aromatic heterocycles. The second kappa shape index (κ2) is 6.88. The first-order valence-corrected chi connectivity index (χ1v) is 6.80. The van der Waals surface area contributed by atoms with Crippen LogP contribution in [0.15, 0.2) is 48.5 Å². The summed E-state index contributed by atoms with van der Waals surface area (Å²) in [5.74, 6) is -0.676. The molecule has 0 saturated heterocycles. The van der Waals surface area contributed by atoms with E-state index in [2.05, 4.69) is 5.32 Å². The minimum Gasteiger partial charge on any atom is -0.478 e. The van der Waals surface area contributed by atoms with Gasteiger partial charge in [0.25, 0.3) is 5.91 Å². The van der Waals surface area contributed by atoms with Crippen LogP contribution in [0.1, 0.15) is 18.1 Å². The summed E-state index contributed by atoms with van der Waals surface area (Å²) in [5, 5.41) is 2.77. The fourth-order valence-electron chi connectivity index (χ4n) is 1.82. The SMILES string of the molecule is Cc1ccc(CNC(=O)C(C)Oc2ccccc2F)cc1. The summed E-state index contributed by atoms with van der Waals surface area (Å²) in [7, 11) is 0. The molecular weight excluding hydrogens is 269 g/mol. The third kappa shape index (κ3) is 4.31. The molecule has 0 spiro atoms. The average Bonchev–Trinajstić information content (AvgIpc) is 2.48. The molecule has 0 radical (unpaired) electrons. The third-order valence-corrected chi connectivity index (χ3v) is 3.10. The van der Waals surface area contributed by atoms with E-state index in [4.69, 9.17) is 4.74 Å². The van der Waals surface area contributed by atoms with Crippen molar-refractivity contribution in [1.82, 2.24) is 5.32 Å². The van der Waals surface area contributed by atoms with E-state index in [0.29, 0.717) is 6.54 Å². The van der Waals surface area contributed by atoms with Crippen molar-refractivity contribution < 1.29 is 13.9 Å². The predicted molar refractivity (Wildman–Crippen MR) is 79.5 cm³/mol. The minimum atomic E-state index is -0.757. The summed E-state index contributed by atoms with van der Waals surface area (Å²) < 4.78 is 18.8. The van der Waals surface area contributed by atoms with Crippen molar-refractivity contribution in [3.8, 4) is 5.75 Å². The van der Waals surface area contributed by atoms with E-state index in [1.807, 2.05) is 31.2 Å². The lowest BCUT2D eigenvalue weighted by atomic mass is 10.1. The Morgan fingerprint density at radius 3 is 2.52 bits per heavy atom. The van der Waals surface area contributed by atoms with Gasteiger partial charge in [-0.3, -0.25) is 4.79 Å². The van der Waals surface area contributed by atoms with E-state index in [1.54, 1.807) is 19.1 Å². The molecule has 0 aliphatic rings. The normalized spacial score (nSPS) is 11.8. The number of ether oxygens (including phenoxy) is 1. The van der Waals surface area contributed by atoms with Gasteiger partial charge in [0.1, 0.15) is 0 Å². The van der Waals surface area contributed by atoms with E-state index in [0.717, 1.165) is 5.56 Å². The topological polar surface area (TPSA) is 38.3 Å². The van der Waals surface area contributed by atoms with Crippen LogP contribution in [0, 0.1) is 12.7 Å². The van der Waals surface area contributed by atoms with Gasteiger partial charge in [-0.05, 0) is 31.5 Å². The summed E-state index contributed by atoms with van der Waals surface area (Å²) in [6, 6.07) is 13.9. The molecule has 3 nitrogen and oxygen atoms in total. The van der Waals surface area contributed by atoms with Crippen LogP contribution in [0.3, 0.4) is 0 Å². The molecule has 1 unspecified atom stereocenters. The largest absolute Gasteiger partial charge is 0.478 e. The lowest BCUT2D eigenvalue weighted by molar-refractivity contribution is -0.127. The van der Waals surface area contributed by atoms with Crippen LogP contribution < -0.4 is 10.1 Å². The Bertz CT molecular complexity index is 610. The molecule has 2 aromatic carbocycles. The first kappa shape index (κ1) is 15.0. The smallest absolute Gasteiger partial charge is 0.261 e. The molecular formula is C17H18FNO2. The van der Waals surface area contributed by atoms with E-state index in [9.17, 15) is 9.18 Å². The van der Waals surface area contributed by atoms with Gasteiger partial charge in [0.2, 0.25) is 0 Å².